The standard InChI is InChI=1S/C12H23N2O2/c1-4-12-13(9-10-15-5-2)7-8-14(12)11-16-6-3/h7-8H,4-6,9-11H2,1-3H3/q+1. The van der Waals surface area contributed by atoms with Gasteiger partial charge in [0.2, 0.25) is 0 Å². The molecule has 0 saturated heterocycles. The summed E-state index contributed by atoms with van der Waals surface area (Å²) in [4.78, 5) is 0. The lowest BCUT2D eigenvalue weighted by molar-refractivity contribution is -0.738. The van der Waals surface area contributed by atoms with Crippen LogP contribution >= 0.6 is 0 Å². The fourth-order valence-electron chi connectivity index (χ4n) is 1.72. The molecule has 1 heterocycles. The fourth-order valence-corrected chi connectivity index (χ4v) is 1.72. The van der Waals surface area contributed by atoms with Crippen LogP contribution in [0.2, 0.25) is 0 Å². The molecule has 1 rings (SSSR count). The van der Waals surface area contributed by atoms with E-state index in [0.717, 1.165) is 32.8 Å². The highest BCUT2D eigenvalue weighted by atomic mass is 16.5. The number of aromatic nitrogens is 2. The third kappa shape index (κ3) is 3.61. The van der Waals surface area contributed by atoms with Crippen molar-refractivity contribution in [2.45, 2.75) is 40.5 Å². The topological polar surface area (TPSA) is 27.3 Å². The lowest BCUT2D eigenvalue weighted by atomic mass is 10.4. The zero-order valence-electron chi connectivity index (χ0n) is 10.6. The van der Waals surface area contributed by atoms with Crippen molar-refractivity contribution in [1.29, 1.82) is 0 Å². The Morgan fingerprint density at radius 1 is 1.19 bits per heavy atom. The molecule has 0 bridgehead atoms. The predicted octanol–water partition coefficient (Wildman–Crippen LogP) is 1.37. The summed E-state index contributed by atoms with van der Waals surface area (Å²) in [5.74, 6) is 1.29. The van der Waals surface area contributed by atoms with Gasteiger partial charge in [-0.2, -0.15) is 0 Å². The molecule has 92 valence electrons. The molecule has 0 aliphatic heterocycles. The minimum Gasteiger partial charge on any atom is -0.378 e. The maximum Gasteiger partial charge on any atom is 0.258 e. The number of hydrogen-bond acceptors (Lipinski definition) is 2. The Hall–Kier alpha value is -0.870. The third-order valence-electron chi connectivity index (χ3n) is 2.52. The maximum absolute atomic E-state index is 5.42. The maximum atomic E-state index is 5.42. The zero-order valence-corrected chi connectivity index (χ0v) is 10.6. The summed E-state index contributed by atoms with van der Waals surface area (Å²) in [5, 5.41) is 0. The number of imidazole rings is 1. The van der Waals surface area contributed by atoms with Gasteiger partial charge in [0, 0.05) is 19.6 Å². The second kappa shape index (κ2) is 7.41. The van der Waals surface area contributed by atoms with Gasteiger partial charge >= 0.3 is 0 Å². The lowest BCUT2D eigenvalue weighted by Gasteiger charge is -2.03. The van der Waals surface area contributed by atoms with Gasteiger partial charge in [-0.3, -0.25) is 0 Å². The Morgan fingerprint density at radius 2 is 1.94 bits per heavy atom. The SMILES string of the molecule is CCOCCn1cc[n+](COCC)c1CC. The average Bonchev–Trinajstić information content (AvgIpc) is 2.69. The second-order valence-electron chi connectivity index (χ2n) is 3.55. The minimum absolute atomic E-state index is 0.640. The number of nitrogens with zero attached hydrogens (tertiary/aromatic N) is 2. The first-order valence-electron chi connectivity index (χ1n) is 6.06. The first kappa shape index (κ1) is 13.2. The van der Waals surface area contributed by atoms with E-state index in [2.05, 4.69) is 28.5 Å². The van der Waals surface area contributed by atoms with Gasteiger partial charge in [-0.05, 0) is 13.8 Å². The molecule has 1 aromatic rings. The normalized spacial score (nSPS) is 10.9. The molecular weight excluding hydrogens is 204 g/mol. The van der Waals surface area contributed by atoms with Crippen molar-refractivity contribution >= 4 is 0 Å². The molecule has 0 aromatic carbocycles. The van der Waals surface area contributed by atoms with Crippen LogP contribution in [0.5, 0.6) is 0 Å². The van der Waals surface area contributed by atoms with E-state index in [1.165, 1.54) is 5.82 Å². The lowest BCUT2D eigenvalue weighted by Crippen LogP contribution is -2.38. The smallest absolute Gasteiger partial charge is 0.258 e. The fraction of sp³-hybridized carbons (Fsp3) is 0.750. The Morgan fingerprint density at radius 3 is 2.56 bits per heavy atom. The van der Waals surface area contributed by atoms with E-state index in [1.54, 1.807) is 0 Å². The molecule has 0 saturated carbocycles. The van der Waals surface area contributed by atoms with Gasteiger partial charge in [0.1, 0.15) is 18.9 Å². The van der Waals surface area contributed by atoms with E-state index < -0.39 is 0 Å². The van der Waals surface area contributed by atoms with Gasteiger partial charge in [-0.1, -0.05) is 6.92 Å². The summed E-state index contributed by atoms with van der Waals surface area (Å²) in [5.41, 5.74) is 0. The molecule has 4 heteroatoms. The summed E-state index contributed by atoms with van der Waals surface area (Å²) in [6.07, 6.45) is 5.17. The molecule has 0 unspecified atom stereocenters. The predicted molar refractivity (Wildman–Crippen MR) is 62.1 cm³/mol. The molecular formula is C12H23N2O2+. The van der Waals surface area contributed by atoms with E-state index in [1.807, 2.05) is 13.8 Å². The van der Waals surface area contributed by atoms with Crippen molar-refractivity contribution in [2.24, 2.45) is 0 Å². The molecule has 4 nitrogen and oxygen atoms in total. The van der Waals surface area contributed by atoms with Gasteiger partial charge in [0.25, 0.3) is 5.82 Å². The second-order valence-corrected chi connectivity index (χ2v) is 3.55. The molecule has 16 heavy (non-hydrogen) atoms. The highest BCUT2D eigenvalue weighted by Crippen LogP contribution is 1.97. The third-order valence-corrected chi connectivity index (χ3v) is 2.52. The van der Waals surface area contributed by atoms with Crippen LogP contribution in [0.1, 0.15) is 26.6 Å². The van der Waals surface area contributed by atoms with Crippen LogP contribution in [0.4, 0.5) is 0 Å². The molecule has 0 N–H and O–H groups in total. The molecule has 0 fully saturated rings. The van der Waals surface area contributed by atoms with Crippen molar-refractivity contribution in [1.82, 2.24) is 4.57 Å². The number of rotatable bonds is 8. The van der Waals surface area contributed by atoms with Crippen molar-refractivity contribution < 1.29 is 14.0 Å². The quantitative estimate of drug-likeness (QED) is 0.495. The largest absolute Gasteiger partial charge is 0.378 e. The van der Waals surface area contributed by atoms with E-state index in [9.17, 15) is 0 Å². The first-order chi connectivity index (χ1) is 7.83. The highest BCUT2D eigenvalue weighted by molar-refractivity contribution is 4.82. The highest BCUT2D eigenvalue weighted by Gasteiger charge is 2.14. The summed E-state index contributed by atoms with van der Waals surface area (Å²) in [6, 6.07) is 0. The molecule has 0 atom stereocenters. The number of hydrogen-bond donors (Lipinski definition) is 0. The van der Waals surface area contributed by atoms with E-state index >= 15 is 0 Å². The summed E-state index contributed by atoms with van der Waals surface area (Å²) >= 11 is 0. The molecule has 1 aromatic heterocycles. The van der Waals surface area contributed by atoms with Gasteiger partial charge in [0.05, 0.1) is 6.61 Å². The Kier molecular flexibility index (Phi) is 6.11. The van der Waals surface area contributed by atoms with Crippen LogP contribution < -0.4 is 4.57 Å². The monoisotopic (exact) mass is 227 g/mol. The van der Waals surface area contributed by atoms with Gasteiger partial charge in [-0.25, -0.2) is 9.13 Å². The van der Waals surface area contributed by atoms with Crippen LogP contribution in [0.3, 0.4) is 0 Å². The minimum atomic E-state index is 0.640. The summed E-state index contributed by atoms with van der Waals surface area (Å²) in [7, 11) is 0. The first-order valence-corrected chi connectivity index (χ1v) is 6.06. The molecule has 0 radical (unpaired) electrons. The molecule has 0 aliphatic rings. The van der Waals surface area contributed by atoms with Gasteiger partial charge in [0.15, 0.2) is 6.73 Å². The summed E-state index contributed by atoms with van der Waals surface area (Å²) in [6.45, 7) is 10.0. The van der Waals surface area contributed by atoms with Crippen molar-refractivity contribution in [3.05, 3.63) is 18.2 Å². The molecule has 0 amide bonds. The molecule has 0 spiro atoms. The van der Waals surface area contributed by atoms with Gasteiger partial charge in [-0.15, -0.1) is 0 Å². The van der Waals surface area contributed by atoms with Crippen LogP contribution in [0.15, 0.2) is 12.4 Å². The Bertz CT molecular complexity index is 297. The van der Waals surface area contributed by atoms with Crippen molar-refractivity contribution in [2.75, 3.05) is 19.8 Å². The van der Waals surface area contributed by atoms with E-state index in [0.29, 0.717) is 6.73 Å². The van der Waals surface area contributed by atoms with E-state index in [-0.39, 0.29) is 0 Å². The Balaban J connectivity index is 2.58. The van der Waals surface area contributed by atoms with Crippen LogP contribution in [-0.4, -0.2) is 24.4 Å². The van der Waals surface area contributed by atoms with Crippen molar-refractivity contribution in [3.8, 4) is 0 Å². The van der Waals surface area contributed by atoms with Crippen LogP contribution in [0, 0.1) is 0 Å². The van der Waals surface area contributed by atoms with Crippen LogP contribution in [-0.2, 0) is 29.2 Å². The van der Waals surface area contributed by atoms with Crippen molar-refractivity contribution in [3.63, 3.8) is 0 Å². The Labute approximate surface area is 97.8 Å². The average molecular weight is 227 g/mol. The van der Waals surface area contributed by atoms with Crippen LogP contribution in [0.25, 0.3) is 0 Å². The number of ether oxygens (including phenoxy) is 2. The van der Waals surface area contributed by atoms with Gasteiger partial charge < -0.3 is 9.47 Å². The zero-order chi connectivity index (χ0) is 11.8. The molecule has 0 aliphatic carbocycles. The van der Waals surface area contributed by atoms with E-state index in [4.69, 9.17) is 9.47 Å². The summed E-state index contributed by atoms with van der Waals surface area (Å²) < 4.78 is 15.2.